The first-order valence-electron chi connectivity index (χ1n) is 6.06. The van der Waals surface area contributed by atoms with Crippen molar-refractivity contribution < 1.29 is 4.52 Å². The largest absolute Gasteiger partial charge is 0.340 e. The molecule has 1 unspecified atom stereocenters. The van der Waals surface area contributed by atoms with Crippen LogP contribution in [0.3, 0.4) is 0 Å². The minimum atomic E-state index is -0.386. The van der Waals surface area contributed by atoms with E-state index in [1.807, 2.05) is 37.3 Å². The smallest absolute Gasteiger partial charge is 0.223 e. The van der Waals surface area contributed by atoms with E-state index >= 15 is 0 Å². The maximum absolute atomic E-state index is 6.15. The van der Waals surface area contributed by atoms with E-state index in [1.54, 1.807) is 6.92 Å². The number of aryl methyl sites for hydroxylation is 2. The summed E-state index contributed by atoms with van der Waals surface area (Å²) in [6.45, 7) is 3.72. The molecule has 5 nitrogen and oxygen atoms in total. The first-order chi connectivity index (χ1) is 9.13. The summed E-state index contributed by atoms with van der Waals surface area (Å²) in [7, 11) is 0. The topological polar surface area (TPSA) is 77.8 Å². The van der Waals surface area contributed by atoms with Crippen LogP contribution in [0.1, 0.15) is 29.0 Å². The van der Waals surface area contributed by atoms with Gasteiger partial charge in [0.1, 0.15) is 0 Å². The molecule has 0 bridgehead atoms. The van der Waals surface area contributed by atoms with Gasteiger partial charge in [0.05, 0.1) is 11.6 Å². The number of nitrogens with zero attached hydrogens (tertiary/aromatic N) is 3. The van der Waals surface area contributed by atoms with Crippen LogP contribution in [-0.2, 0) is 0 Å². The monoisotopic (exact) mass is 254 g/mol. The molecule has 3 aromatic rings. The first-order valence-corrected chi connectivity index (χ1v) is 6.06. The van der Waals surface area contributed by atoms with Crippen molar-refractivity contribution in [2.45, 2.75) is 19.9 Å². The fourth-order valence-corrected chi connectivity index (χ4v) is 2.03. The maximum Gasteiger partial charge on any atom is 0.223 e. The van der Waals surface area contributed by atoms with Crippen LogP contribution < -0.4 is 5.73 Å². The van der Waals surface area contributed by atoms with E-state index < -0.39 is 0 Å². The Morgan fingerprint density at radius 3 is 2.68 bits per heavy atom. The Morgan fingerprint density at radius 2 is 1.95 bits per heavy atom. The Balaban J connectivity index is 2.03. The molecule has 2 N–H and O–H groups in total. The van der Waals surface area contributed by atoms with Crippen molar-refractivity contribution in [3.63, 3.8) is 0 Å². The predicted octanol–water partition coefficient (Wildman–Crippen LogP) is 2.28. The molecular weight excluding hydrogens is 240 g/mol. The zero-order chi connectivity index (χ0) is 13.4. The van der Waals surface area contributed by atoms with Gasteiger partial charge < -0.3 is 10.3 Å². The van der Waals surface area contributed by atoms with Gasteiger partial charge in [0, 0.05) is 18.0 Å². The van der Waals surface area contributed by atoms with Crippen molar-refractivity contribution in [2.24, 2.45) is 5.73 Å². The van der Waals surface area contributed by atoms with E-state index in [0.29, 0.717) is 11.7 Å². The van der Waals surface area contributed by atoms with Crippen LogP contribution in [0, 0.1) is 13.8 Å². The number of nitrogens with two attached hydrogens (primary N) is 1. The van der Waals surface area contributed by atoms with Gasteiger partial charge >= 0.3 is 0 Å². The average Bonchev–Trinajstić information content (AvgIpc) is 2.84. The molecule has 1 atom stereocenters. The second-order valence-corrected chi connectivity index (χ2v) is 4.55. The molecule has 2 aromatic heterocycles. The molecule has 0 spiro atoms. The molecule has 0 aliphatic carbocycles. The first kappa shape index (κ1) is 11.8. The Hall–Kier alpha value is -2.27. The summed E-state index contributed by atoms with van der Waals surface area (Å²) in [6.07, 6.45) is 0. The van der Waals surface area contributed by atoms with Crippen LogP contribution in [0.15, 0.2) is 34.9 Å². The Kier molecular flexibility index (Phi) is 2.76. The predicted molar refractivity (Wildman–Crippen MR) is 71.5 cm³/mol. The van der Waals surface area contributed by atoms with Crippen LogP contribution in [0.2, 0.25) is 0 Å². The summed E-state index contributed by atoms with van der Waals surface area (Å²) < 4.78 is 4.96. The summed E-state index contributed by atoms with van der Waals surface area (Å²) in [5.41, 5.74) is 9.05. The van der Waals surface area contributed by atoms with Crippen molar-refractivity contribution >= 4 is 10.9 Å². The van der Waals surface area contributed by atoms with Crippen LogP contribution in [0.5, 0.6) is 0 Å². The van der Waals surface area contributed by atoms with E-state index in [-0.39, 0.29) is 6.04 Å². The van der Waals surface area contributed by atoms with Gasteiger partial charge in [-0.1, -0.05) is 17.3 Å². The lowest BCUT2D eigenvalue weighted by atomic mass is 10.0. The van der Waals surface area contributed by atoms with E-state index in [4.69, 9.17) is 10.3 Å². The van der Waals surface area contributed by atoms with Gasteiger partial charge in [0.15, 0.2) is 5.82 Å². The molecule has 5 heteroatoms. The summed E-state index contributed by atoms with van der Waals surface area (Å²) in [6, 6.07) is 9.56. The van der Waals surface area contributed by atoms with Crippen LogP contribution in [0.25, 0.3) is 10.9 Å². The second kappa shape index (κ2) is 4.44. The van der Waals surface area contributed by atoms with Gasteiger partial charge in [0.25, 0.3) is 0 Å². The zero-order valence-corrected chi connectivity index (χ0v) is 10.8. The summed E-state index contributed by atoms with van der Waals surface area (Å²) >= 11 is 0. The average molecular weight is 254 g/mol. The third-order valence-electron chi connectivity index (χ3n) is 3.03. The minimum absolute atomic E-state index is 0.386. The van der Waals surface area contributed by atoms with Crippen molar-refractivity contribution in [3.8, 4) is 0 Å². The quantitative estimate of drug-likeness (QED) is 0.759. The van der Waals surface area contributed by atoms with Crippen molar-refractivity contribution in [1.29, 1.82) is 0 Å². The third kappa shape index (κ3) is 2.20. The highest BCUT2D eigenvalue weighted by atomic mass is 16.5. The fourth-order valence-electron chi connectivity index (χ4n) is 2.03. The van der Waals surface area contributed by atoms with Crippen LogP contribution in [-0.4, -0.2) is 15.1 Å². The van der Waals surface area contributed by atoms with E-state index in [2.05, 4.69) is 15.1 Å². The molecular formula is C14H14N4O. The van der Waals surface area contributed by atoms with E-state index in [9.17, 15) is 0 Å². The Labute approximate surface area is 110 Å². The summed E-state index contributed by atoms with van der Waals surface area (Å²) in [5.74, 6) is 1.01. The van der Waals surface area contributed by atoms with Gasteiger partial charge in [-0.05, 0) is 30.7 Å². The lowest BCUT2D eigenvalue weighted by molar-refractivity contribution is 0.385. The summed E-state index contributed by atoms with van der Waals surface area (Å²) in [5, 5.41) is 4.91. The number of pyridine rings is 1. The molecule has 0 saturated heterocycles. The minimum Gasteiger partial charge on any atom is -0.340 e. The third-order valence-corrected chi connectivity index (χ3v) is 3.03. The van der Waals surface area contributed by atoms with Gasteiger partial charge in [-0.2, -0.15) is 4.98 Å². The highest BCUT2D eigenvalue weighted by Crippen LogP contribution is 2.21. The van der Waals surface area contributed by atoms with Gasteiger partial charge in [-0.3, -0.25) is 4.98 Å². The highest BCUT2D eigenvalue weighted by Gasteiger charge is 2.15. The molecule has 1 aromatic carbocycles. The van der Waals surface area contributed by atoms with Crippen molar-refractivity contribution in [3.05, 3.63) is 53.3 Å². The normalized spacial score (nSPS) is 12.8. The molecule has 3 rings (SSSR count). The number of hydrogen-bond acceptors (Lipinski definition) is 5. The standard InChI is InChI=1S/C14H14N4O/c1-8-3-4-10-7-11(5-6-12(10)16-8)13(15)14-17-9(2)19-18-14/h3-7,13H,15H2,1-2H3. The molecule has 0 aliphatic heterocycles. The van der Waals surface area contributed by atoms with E-state index in [1.165, 1.54) is 0 Å². The lowest BCUT2D eigenvalue weighted by Gasteiger charge is -2.08. The zero-order valence-electron chi connectivity index (χ0n) is 10.8. The molecule has 0 fully saturated rings. The molecule has 0 amide bonds. The molecule has 0 aliphatic rings. The Morgan fingerprint density at radius 1 is 1.11 bits per heavy atom. The van der Waals surface area contributed by atoms with Gasteiger partial charge in [-0.15, -0.1) is 0 Å². The Bertz CT molecular complexity index is 735. The second-order valence-electron chi connectivity index (χ2n) is 4.55. The van der Waals surface area contributed by atoms with Crippen molar-refractivity contribution in [2.75, 3.05) is 0 Å². The van der Waals surface area contributed by atoms with Crippen LogP contribution >= 0.6 is 0 Å². The molecule has 0 saturated carbocycles. The number of rotatable bonds is 2. The van der Waals surface area contributed by atoms with Gasteiger partial charge in [-0.25, -0.2) is 0 Å². The molecule has 19 heavy (non-hydrogen) atoms. The number of hydrogen-bond donors (Lipinski definition) is 1. The number of benzene rings is 1. The highest BCUT2D eigenvalue weighted by molar-refractivity contribution is 5.79. The summed E-state index contributed by atoms with van der Waals surface area (Å²) in [4.78, 5) is 8.63. The van der Waals surface area contributed by atoms with Crippen molar-refractivity contribution in [1.82, 2.24) is 15.1 Å². The number of aromatic nitrogens is 3. The number of fused-ring (bicyclic) bond motifs is 1. The van der Waals surface area contributed by atoms with Gasteiger partial charge in [0.2, 0.25) is 5.89 Å². The molecule has 0 radical (unpaired) electrons. The maximum atomic E-state index is 6.15. The van der Waals surface area contributed by atoms with Crippen LogP contribution in [0.4, 0.5) is 0 Å². The molecule has 96 valence electrons. The van der Waals surface area contributed by atoms with E-state index in [0.717, 1.165) is 22.2 Å². The SMILES string of the molecule is Cc1ccc2cc(C(N)c3noc(C)n3)ccc2n1. The lowest BCUT2D eigenvalue weighted by Crippen LogP contribution is -2.13. The molecule has 2 heterocycles. The fraction of sp³-hybridized carbons (Fsp3) is 0.214.